The Balaban J connectivity index is 1.36. The van der Waals surface area contributed by atoms with Crippen LogP contribution in [-0.2, 0) is 10.0 Å². The molecule has 1 aromatic carbocycles. The molecule has 1 atom stereocenters. The molecule has 6 heteroatoms. The Labute approximate surface area is 174 Å². The van der Waals surface area contributed by atoms with Crippen LogP contribution < -0.4 is 5.32 Å². The number of benzene rings is 1. The monoisotopic (exact) mass is 416 g/mol. The van der Waals surface area contributed by atoms with Gasteiger partial charge in [-0.1, -0.05) is 12.5 Å². The second-order valence-electron chi connectivity index (χ2n) is 10.1. The number of nitrogens with zero attached hydrogens (tertiary/aromatic N) is 1. The first-order chi connectivity index (χ1) is 13.8. The van der Waals surface area contributed by atoms with E-state index in [0.29, 0.717) is 12.1 Å². The van der Waals surface area contributed by atoms with E-state index in [1.165, 1.54) is 19.3 Å². The lowest BCUT2D eigenvalue weighted by Gasteiger charge is -2.56. The van der Waals surface area contributed by atoms with Crippen LogP contribution in [0.3, 0.4) is 0 Å². The summed E-state index contributed by atoms with van der Waals surface area (Å²) < 4.78 is 28.0. The zero-order chi connectivity index (χ0) is 20.2. The quantitative estimate of drug-likeness (QED) is 0.808. The fourth-order valence-corrected chi connectivity index (χ4v) is 8.68. The molecule has 1 aliphatic heterocycles. The van der Waals surface area contributed by atoms with Gasteiger partial charge in [0.2, 0.25) is 10.0 Å². The van der Waals surface area contributed by atoms with Crippen LogP contribution >= 0.6 is 0 Å². The Hall–Kier alpha value is -1.40. The molecule has 6 rings (SSSR count). The minimum Gasteiger partial charge on any atom is -0.347 e. The summed E-state index contributed by atoms with van der Waals surface area (Å²) in [6.45, 7) is 2.54. The van der Waals surface area contributed by atoms with E-state index >= 15 is 0 Å². The molecular weight excluding hydrogens is 384 g/mol. The van der Waals surface area contributed by atoms with Gasteiger partial charge >= 0.3 is 0 Å². The molecule has 0 radical (unpaired) electrons. The Bertz CT molecular complexity index is 875. The maximum atomic E-state index is 13.2. The normalized spacial score (nSPS) is 36.9. The number of sulfonamides is 1. The molecule has 1 N–H and O–H groups in total. The lowest BCUT2D eigenvalue weighted by atomic mass is 9.53. The molecule has 1 aromatic rings. The molecule has 1 amide bonds. The third-order valence-corrected chi connectivity index (χ3v) is 9.87. The highest BCUT2D eigenvalue weighted by molar-refractivity contribution is 7.89. The van der Waals surface area contributed by atoms with Crippen molar-refractivity contribution in [3.8, 4) is 0 Å². The van der Waals surface area contributed by atoms with Crippen molar-refractivity contribution >= 4 is 15.9 Å². The van der Waals surface area contributed by atoms with Crippen molar-refractivity contribution in [2.24, 2.45) is 17.8 Å². The fourth-order valence-electron chi connectivity index (χ4n) is 6.94. The Morgan fingerprint density at radius 3 is 2.34 bits per heavy atom. The zero-order valence-electron chi connectivity index (χ0n) is 17.3. The fraction of sp³-hybridized carbons (Fsp3) is 0.696. The number of carbonyl (C=O) groups excluding carboxylic acids is 1. The lowest BCUT2D eigenvalue weighted by Crippen LogP contribution is -2.59. The number of rotatable bonds is 4. The summed E-state index contributed by atoms with van der Waals surface area (Å²) in [7, 11) is -3.57. The summed E-state index contributed by atoms with van der Waals surface area (Å²) in [5.41, 5.74) is 0.397. The predicted octanol–water partition coefficient (Wildman–Crippen LogP) is 3.95. The molecule has 4 bridgehead atoms. The van der Waals surface area contributed by atoms with Crippen molar-refractivity contribution in [1.82, 2.24) is 9.62 Å². The number of nitrogens with one attached hydrogen (secondary N) is 1. The van der Waals surface area contributed by atoms with Crippen molar-refractivity contribution in [1.29, 1.82) is 0 Å². The molecule has 1 heterocycles. The first-order valence-corrected chi connectivity index (χ1v) is 12.7. The number of piperidine rings is 1. The lowest BCUT2D eigenvalue weighted by molar-refractivity contribution is -0.0167. The van der Waals surface area contributed by atoms with Crippen molar-refractivity contribution in [3.63, 3.8) is 0 Å². The number of hydrogen-bond donors (Lipinski definition) is 1. The van der Waals surface area contributed by atoms with Gasteiger partial charge in [0.1, 0.15) is 0 Å². The van der Waals surface area contributed by atoms with Crippen LogP contribution in [0.5, 0.6) is 0 Å². The topological polar surface area (TPSA) is 66.5 Å². The van der Waals surface area contributed by atoms with Crippen molar-refractivity contribution in [2.45, 2.75) is 81.2 Å². The summed E-state index contributed by atoms with van der Waals surface area (Å²) in [6, 6.07) is 6.66. The van der Waals surface area contributed by atoms with Crippen molar-refractivity contribution in [2.75, 3.05) is 6.54 Å². The predicted molar refractivity (Wildman–Crippen MR) is 112 cm³/mol. The third-order valence-electron chi connectivity index (χ3n) is 7.86. The van der Waals surface area contributed by atoms with Gasteiger partial charge in [-0.15, -0.1) is 0 Å². The summed E-state index contributed by atoms with van der Waals surface area (Å²) in [4.78, 5) is 13.4. The van der Waals surface area contributed by atoms with E-state index < -0.39 is 10.0 Å². The smallest absolute Gasteiger partial charge is 0.251 e. The molecule has 4 saturated carbocycles. The highest BCUT2D eigenvalue weighted by Gasteiger charge is 2.51. The maximum absolute atomic E-state index is 13.2. The van der Waals surface area contributed by atoms with Crippen LogP contribution in [0, 0.1) is 17.8 Å². The zero-order valence-corrected chi connectivity index (χ0v) is 18.1. The van der Waals surface area contributed by atoms with Gasteiger partial charge in [0.05, 0.1) is 4.90 Å². The van der Waals surface area contributed by atoms with Gasteiger partial charge in [0.25, 0.3) is 5.91 Å². The summed E-state index contributed by atoms with van der Waals surface area (Å²) in [5, 5.41) is 3.36. The molecule has 1 unspecified atom stereocenters. The number of amides is 1. The first-order valence-electron chi connectivity index (χ1n) is 11.3. The number of carbonyl (C=O) groups is 1. The van der Waals surface area contributed by atoms with Crippen LogP contribution in [0.1, 0.15) is 75.1 Å². The highest BCUT2D eigenvalue weighted by Crippen LogP contribution is 2.55. The first kappa shape index (κ1) is 19.6. The van der Waals surface area contributed by atoms with Gasteiger partial charge in [0.15, 0.2) is 0 Å². The van der Waals surface area contributed by atoms with E-state index in [0.717, 1.165) is 56.3 Å². The van der Waals surface area contributed by atoms with Gasteiger partial charge in [-0.25, -0.2) is 8.42 Å². The van der Waals surface area contributed by atoms with Gasteiger partial charge in [-0.05, 0) is 94.2 Å². The Morgan fingerprint density at radius 2 is 1.72 bits per heavy atom. The van der Waals surface area contributed by atoms with Crippen molar-refractivity contribution < 1.29 is 13.2 Å². The molecule has 5 nitrogen and oxygen atoms in total. The minimum absolute atomic E-state index is 0.0123. The average Bonchev–Trinajstić information content (AvgIpc) is 2.67. The highest BCUT2D eigenvalue weighted by atomic mass is 32.2. The van der Waals surface area contributed by atoms with Crippen LogP contribution in [0.2, 0.25) is 0 Å². The van der Waals surface area contributed by atoms with E-state index in [9.17, 15) is 13.2 Å². The SMILES string of the molecule is CC1CCCCN1S(=O)(=O)c1cccc(C(=O)NC23CC4CC(CC(C4)C2)C3)c1. The van der Waals surface area contributed by atoms with E-state index in [-0.39, 0.29) is 22.4 Å². The molecule has 5 aliphatic rings. The van der Waals surface area contributed by atoms with E-state index in [4.69, 9.17) is 0 Å². The Kier molecular flexibility index (Phi) is 4.78. The molecule has 0 spiro atoms. The summed E-state index contributed by atoms with van der Waals surface area (Å²) in [5.74, 6) is 2.16. The van der Waals surface area contributed by atoms with Crippen LogP contribution in [0.15, 0.2) is 29.2 Å². The van der Waals surface area contributed by atoms with E-state index in [1.54, 1.807) is 28.6 Å². The van der Waals surface area contributed by atoms with E-state index in [1.807, 2.05) is 6.92 Å². The molecule has 29 heavy (non-hydrogen) atoms. The van der Waals surface area contributed by atoms with E-state index in [2.05, 4.69) is 5.32 Å². The largest absolute Gasteiger partial charge is 0.347 e. The summed E-state index contributed by atoms with van der Waals surface area (Å²) in [6.07, 6.45) is 10.1. The standard InChI is InChI=1S/C23H32N2O3S/c1-16-5-2-3-8-25(16)29(27,28)21-7-4-6-20(12-21)22(26)24-23-13-17-9-18(14-23)11-19(10-17)15-23/h4,6-7,12,16-19H,2-3,5,8-11,13-15H2,1H3,(H,24,26). The number of hydrogen-bond acceptors (Lipinski definition) is 3. The maximum Gasteiger partial charge on any atom is 0.251 e. The minimum atomic E-state index is -3.57. The molecule has 5 fully saturated rings. The second kappa shape index (κ2) is 7.09. The van der Waals surface area contributed by atoms with Gasteiger partial charge in [-0.2, -0.15) is 4.31 Å². The van der Waals surface area contributed by atoms with Gasteiger partial charge in [-0.3, -0.25) is 4.79 Å². The second-order valence-corrected chi connectivity index (χ2v) is 12.0. The molecule has 1 saturated heterocycles. The third kappa shape index (κ3) is 3.52. The van der Waals surface area contributed by atoms with Gasteiger partial charge in [0, 0.05) is 23.7 Å². The molecule has 4 aliphatic carbocycles. The summed E-state index contributed by atoms with van der Waals surface area (Å²) >= 11 is 0. The van der Waals surface area contributed by atoms with Crippen LogP contribution in [-0.4, -0.2) is 36.8 Å². The van der Waals surface area contributed by atoms with Gasteiger partial charge < -0.3 is 5.32 Å². The van der Waals surface area contributed by atoms with Crippen molar-refractivity contribution in [3.05, 3.63) is 29.8 Å². The van der Waals surface area contributed by atoms with Crippen LogP contribution in [0.4, 0.5) is 0 Å². The van der Waals surface area contributed by atoms with Crippen LogP contribution in [0.25, 0.3) is 0 Å². The molecular formula is C23H32N2O3S. The average molecular weight is 417 g/mol. The molecule has 0 aromatic heterocycles. The molecule has 158 valence electrons. The Morgan fingerprint density at radius 1 is 1.07 bits per heavy atom.